The van der Waals surface area contributed by atoms with E-state index in [4.69, 9.17) is 17.3 Å². The topological polar surface area (TPSA) is 43.8 Å². The van der Waals surface area contributed by atoms with Crippen LogP contribution < -0.4 is 5.73 Å². The Hall–Kier alpha value is -0.910. The first-order valence-electron chi connectivity index (χ1n) is 5.31. The lowest BCUT2D eigenvalue weighted by Crippen LogP contribution is -2.15. The van der Waals surface area contributed by atoms with E-state index in [9.17, 15) is 4.39 Å². The second-order valence-electron chi connectivity index (χ2n) is 4.05. The SMILES string of the molecule is Cc1c(C(N)c2ccc(Br)c(Cl)c2F)cnn1C. The van der Waals surface area contributed by atoms with Gasteiger partial charge in [-0.15, -0.1) is 0 Å². The molecule has 0 radical (unpaired) electrons. The lowest BCUT2D eigenvalue weighted by Gasteiger charge is -2.14. The molecule has 96 valence electrons. The molecule has 0 bridgehead atoms. The van der Waals surface area contributed by atoms with E-state index >= 15 is 0 Å². The Morgan fingerprint density at radius 1 is 1.44 bits per heavy atom. The van der Waals surface area contributed by atoms with Gasteiger partial charge in [-0.2, -0.15) is 5.10 Å². The van der Waals surface area contributed by atoms with Crippen molar-refractivity contribution >= 4 is 27.5 Å². The largest absolute Gasteiger partial charge is 0.320 e. The molecule has 0 aliphatic rings. The van der Waals surface area contributed by atoms with Gasteiger partial charge in [0.1, 0.15) is 5.82 Å². The average Bonchev–Trinajstić information content (AvgIpc) is 2.67. The molecule has 1 atom stereocenters. The van der Waals surface area contributed by atoms with Gasteiger partial charge in [0.15, 0.2) is 0 Å². The first-order valence-corrected chi connectivity index (χ1v) is 6.48. The fourth-order valence-corrected chi connectivity index (χ4v) is 2.25. The molecule has 3 nitrogen and oxygen atoms in total. The molecule has 6 heteroatoms. The molecule has 0 spiro atoms. The van der Waals surface area contributed by atoms with Crippen molar-refractivity contribution < 1.29 is 4.39 Å². The highest BCUT2D eigenvalue weighted by Crippen LogP contribution is 2.32. The molecule has 18 heavy (non-hydrogen) atoms. The molecule has 2 aromatic rings. The van der Waals surface area contributed by atoms with Crippen molar-refractivity contribution in [2.75, 3.05) is 0 Å². The normalized spacial score (nSPS) is 12.8. The summed E-state index contributed by atoms with van der Waals surface area (Å²) in [4.78, 5) is 0. The fourth-order valence-electron chi connectivity index (χ4n) is 1.77. The van der Waals surface area contributed by atoms with Crippen LogP contribution in [0.5, 0.6) is 0 Å². The molecule has 1 heterocycles. The van der Waals surface area contributed by atoms with Crippen LogP contribution in [0.25, 0.3) is 0 Å². The average molecular weight is 333 g/mol. The van der Waals surface area contributed by atoms with E-state index in [-0.39, 0.29) is 5.02 Å². The van der Waals surface area contributed by atoms with E-state index < -0.39 is 11.9 Å². The van der Waals surface area contributed by atoms with E-state index in [1.54, 1.807) is 23.0 Å². The summed E-state index contributed by atoms with van der Waals surface area (Å²) in [5, 5.41) is 4.15. The third-order valence-electron chi connectivity index (χ3n) is 3.01. The van der Waals surface area contributed by atoms with Crippen LogP contribution in [-0.4, -0.2) is 9.78 Å². The van der Waals surface area contributed by atoms with Crippen molar-refractivity contribution in [3.8, 4) is 0 Å². The molecule has 1 aromatic heterocycles. The summed E-state index contributed by atoms with van der Waals surface area (Å²) < 4.78 is 16.3. The zero-order valence-corrected chi connectivity index (χ0v) is 12.3. The smallest absolute Gasteiger partial charge is 0.148 e. The van der Waals surface area contributed by atoms with Gasteiger partial charge in [-0.3, -0.25) is 4.68 Å². The van der Waals surface area contributed by atoms with Crippen LogP contribution in [0.2, 0.25) is 5.02 Å². The number of aryl methyl sites for hydroxylation is 1. The number of nitrogens with two attached hydrogens (primary N) is 1. The molecule has 1 unspecified atom stereocenters. The zero-order valence-electron chi connectivity index (χ0n) is 9.92. The standard InChI is InChI=1S/C12H12BrClFN3/c1-6-8(5-17-18(6)2)12(16)7-3-4-9(13)10(14)11(7)15/h3-5,12H,16H2,1-2H3. The quantitative estimate of drug-likeness (QED) is 0.857. The van der Waals surface area contributed by atoms with Gasteiger partial charge in [-0.05, 0) is 28.9 Å². The second kappa shape index (κ2) is 4.99. The number of hydrogen-bond acceptors (Lipinski definition) is 2. The first kappa shape index (κ1) is 13.5. The molecular weight excluding hydrogens is 321 g/mol. The highest BCUT2D eigenvalue weighted by Gasteiger charge is 2.20. The maximum Gasteiger partial charge on any atom is 0.148 e. The van der Waals surface area contributed by atoms with Gasteiger partial charge in [0.05, 0.1) is 17.3 Å². The summed E-state index contributed by atoms with van der Waals surface area (Å²) in [6.45, 7) is 1.89. The van der Waals surface area contributed by atoms with Gasteiger partial charge in [0.2, 0.25) is 0 Å². The number of halogens is 3. The van der Waals surface area contributed by atoms with Crippen molar-refractivity contribution in [2.45, 2.75) is 13.0 Å². The summed E-state index contributed by atoms with van der Waals surface area (Å²) in [6, 6.07) is 2.73. The molecule has 0 saturated heterocycles. The Bertz CT molecular complexity index is 597. The lowest BCUT2D eigenvalue weighted by atomic mass is 10.00. The van der Waals surface area contributed by atoms with Gasteiger partial charge in [-0.25, -0.2) is 4.39 Å². The molecule has 2 N–H and O–H groups in total. The minimum absolute atomic E-state index is 0.0458. The van der Waals surface area contributed by atoms with Crippen molar-refractivity contribution in [3.63, 3.8) is 0 Å². The van der Waals surface area contributed by atoms with Gasteiger partial charge >= 0.3 is 0 Å². The maximum atomic E-state index is 14.1. The van der Waals surface area contributed by atoms with E-state index in [0.717, 1.165) is 11.3 Å². The highest BCUT2D eigenvalue weighted by atomic mass is 79.9. The molecule has 2 rings (SSSR count). The minimum Gasteiger partial charge on any atom is -0.320 e. The van der Waals surface area contributed by atoms with Crippen LogP contribution in [0.3, 0.4) is 0 Å². The van der Waals surface area contributed by atoms with Crippen molar-refractivity contribution in [3.05, 3.63) is 50.5 Å². The molecule has 0 aliphatic carbocycles. The van der Waals surface area contributed by atoms with Crippen LogP contribution >= 0.6 is 27.5 Å². The summed E-state index contributed by atoms with van der Waals surface area (Å²) in [7, 11) is 1.82. The maximum absolute atomic E-state index is 14.1. The van der Waals surface area contributed by atoms with E-state index in [1.165, 1.54) is 0 Å². The Morgan fingerprint density at radius 2 is 2.11 bits per heavy atom. The molecule has 0 saturated carbocycles. The Balaban J connectivity index is 2.50. The number of benzene rings is 1. The Kier molecular flexibility index (Phi) is 3.75. The number of hydrogen-bond donors (Lipinski definition) is 1. The number of aromatic nitrogens is 2. The third kappa shape index (κ3) is 2.18. The molecule has 1 aromatic carbocycles. The number of rotatable bonds is 2. The highest BCUT2D eigenvalue weighted by molar-refractivity contribution is 9.10. The van der Waals surface area contributed by atoms with E-state index in [0.29, 0.717) is 10.0 Å². The van der Waals surface area contributed by atoms with E-state index in [1.807, 2.05) is 14.0 Å². The van der Waals surface area contributed by atoms with Crippen molar-refractivity contribution in [1.29, 1.82) is 0 Å². The Morgan fingerprint density at radius 3 is 2.67 bits per heavy atom. The van der Waals surface area contributed by atoms with Crippen molar-refractivity contribution in [2.24, 2.45) is 12.8 Å². The van der Waals surface area contributed by atoms with Crippen molar-refractivity contribution in [1.82, 2.24) is 9.78 Å². The summed E-state index contributed by atoms with van der Waals surface area (Å²) in [5.74, 6) is -0.498. The van der Waals surface area contributed by atoms with Gasteiger partial charge in [0, 0.05) is 28.3 Å². The molecule has 0 amide bonds. The van der Waals surface area contributed by atoms with Gasteiger partial charge < -0.3 is 5.73 Å². The third-order valence-corrected chi connectivity index (χ3v) is 4.27. The molecule has 0 fully saturated rings. The van der Waals surface area contributed by atoms with Crippen LogP contribution in [-0.2, 0) is 7.05 Å². The van der Waals surface area contributed by atoms with Crippen LogP contribution in [0.4, 0.5) is 4.39 Å². The van der Waals surface area contributed by atoms with Gasteiger partial charge in [-0.1, -0.05) is 17.7 Å². The second-order valence-corrected chi connectivity index (χ2v) is 5.28. The predicted octanol–water partition coefficient (Wildman–Crippen LogP) is 3.33. The number of nitrogens with zero attached hydrogens (tertiary/aromatic N) is 2. The van der Waals surface area contributed by atoms with Crippen LogP contribution in [0, 0.1) is 12.7 Å². The monoisotopic (exact) mass is 331 g/mol. The lowest BCUT2D eigenvalue weighted by molar-refractivity contribution is 0.598. The van der Waals surface area contributed by atoms with Crippen LogP contribution in [0.1, 0.15) is 22.9 Å². The van der Waals surface area contributed by atoms with Crippen LogP contribution in [0.15, 0.2) is 22.8 Å². The summed E-state index contributed by atoms with van der Waals surface area (Å²) in [5.41, 5.74) is 8.13. The zero-order chi connectivity index (χ0) is 13.4. The predicted molar refractivity (Wildman–Crippen MR) is 73.1 cm³/mol. The van der Waals surface area contributed by atoms with E-state index in [2.05, 4.69) is 21.0 Å². The first-order chi connectivity index (χ1) is 8.43. The fraction of sp³-hybridized carbons (Fsp3) is 0.250. The summed E-state index contributed by atoms with van der Waals surface area (Å²) >= 11 is 9.04. The Labute approximate surface area is 118 Å². The summed E-state index contributed by atoms with van der Waals surface area (Å²) in [6.07, 6.45) is 1.65. The minimum atomic E-state index is -0.579. The molecular formula is C12H12BrClFN3. The van der Waals surface area contributed by atoms with Gasteiger partial charge in [0.25, 0.3) is 0 Å². The molecule has 0 aliphatic heterocycles.